The van der Waals surface area contributed by atoms with Crippen molar-refractivity contribution in [2.75, 3.05) is 37.6 Å². The molecule has 0 unspecified atom stereocenters. The zero-order chi connectivity index (χ0) is 20.7. The van der Waals surface area contributed by atoms with E-state index >= 15 is 0 Å². The van der Waals surface area contributed by atoms with Gasteiger partial charge in [-0.1, -0.05) is 11.6 Å². The Balaban J connectivity index is 1.07. The third kappa shape index (κ3) is 3.91. The molecule has 6 rings (SSSR count). The van der Waals surface area contributed by atoms with Crippen LogP contribution in [0.4, 0.5) is 5.82 Å². The molecule has 7 heteroatoms. The highest BCUT2D eigenvalue weighted by Gasteiger charge is 2.54. The van der Waals surface area contributed by atoms with Gasteiger partial charge < -0.3 is 15.1 Å². The van der Waals surface area contributed by atoms with Gasteiger partial charge in [0.25, 0.3) is 0 Å². The van der Waals surface area contributed by atoms with Crippen LogP contribution in [0.15, 0.2) is 18.3 Å². The second-order valence-corrected chi connectivity index (χ2v) is 10.3. The monoisotopic (exact) mass is 430 g/mol. The van der Waals surface area contributed by atoms with Crippen molar-refractivity contribution in [2.45, 2.75) is 44.9 Å². The van der Waals surface area contributed by atoms with Gasteiger partial charge in [-0.15, -0.1) is 0 Å². The minimum atomic E-state index is -0.130. The highest BCUT2D eigenvalue weighted by Crippen LogP contribution is 2.60. The number of aromatic nitrogens is 1. The third-order valence-electron chi connectivity index (χ3n) is 7.81. The fourth-order valence-corrected chi connectivity index (χ4v) is 6.87. The van der Waals surface area contributed by atoms with Gasteiger partial charge in [0.05, 0.1) is 5.02 Å². The molecule has 0 atom stereocenters. The Labute approximate surface area is 183 Å². The van der Waals surface area contributed by atoms with Crippen molar-refractivity contribution in [3.8, 4) is 0 Å². The number of piperazine rings is 1. The van der Waals surface area contributed by atoms with Crippen LogP contribution in [0.3, 0.4) is 0 Å². The first-order valence-corrected chi connectivity index (χ1v) is 11.8. The van der Waals surface area contributed by atoms with Gasteiger partial charge in [-0.3, -0.25) is 9.59 Å². The quantitative estimate of drug-likeness (QED) is 0.779. The van der Waals surface area contributed by atoms with E-state index in [1.54, 1.807) is 6.20 Å². The molecule has 1 saturated heterocycles. The van der Waals surface area contributed by atoms with E-state index in [1.165, 1.54) is 19.3 Å². The molecule has 0 aromatic carbocycles. The topological polar surface area (TPSA) is 65.5 Å². The lowest BCUT2D eigenvalue weighted by Crippen LogP contribution is -2.54. The second kappa shape index (κ2) is 8.03. The Morgan fingerprint density at radius 2 is 1.67 bits per heavy atom. The highest BCUT2D eigenvalue weighted by molar-refractivity contribution is 6.30. The summed E-state index contributed by atoms with van der Waals surface area (Å²) in [5, 5.41) is 3.76. The minimum Gasteiger partial charge on any atom is -0.355 e. The summed E-state index contributed by atoms with van der Waals surface area (Å²) in [6.07, 6.45) is 9.25. The van der Waals surface area contributed by atoms with Crippen LogP contribution in [-0.2, 0) is 9.59 Å². The number of carbonyl (C=O) groups excluding carboxylic acids is 2. The molecule has 2 amide bonds. The molecule has 6 nitrogen and oxygen atoms in total. The van der Waals surface area contributed by atoms with Crippen molar-refractivity contribution in [1.82, 2.24) is 15.2 Å². The summed E-state index contributed by atoms with van der Waals surface area (Å²) in [5.41, 5.74) is -0.130. The number of pyridine rings is 1. The average molecular weight is 431 g/mol. The molecule has 5 fully saturated rings. The van der Waals surface area contributed by atoms with Gasteiger partial charge >= 0.3 is 0 Å². The Bertz CT molecular complexity index is 769. The number of halogens is 1. The summed E-state index contributed by atoms with van der Waals surface area (Å²) in [5.74, 6) is 3.52. The van der Waals surface area contributed by atoms with Crippen molar-refractivity contribution in [3.05, 3.63) is 23.4 Å². The lowest BCUT2D eigenvalue weighted by molar-refractivity contribution is -0.146. The van der Waals surface area contributed by atoms with Crippen molar-refractivity contribution in [1.29, 1.82) is 0 Å². The summed E-state index contributed by atoms with van der Waals surface area (Å²) in [6.45, 7) is 3.36. The molecule has 1 aliphatic heterocycles. The van der Waals surface area contributed by atoms with Crippen LogP contribution in [-0.4, -0.2) is 54.4 Å². The van der Waals surface area contributed by atoms with Crippen LogP contribution in [0, 0.1) is 23.2 Å². The normalized spacial score (nSPS) is 32.4. The summed E-state index contributed by atoms with van der Waals surface area (Å²) >= 11 is 5.91. The molecule has 4 bridgehead atoms. The van der Waals surface area contributed by atoms with Gasteiger partial charge in [-0.2, -0.15) is 0 Å². The number of hydrogen-bond acceptors (Lipinski definition) is 4. The predicted molar refractivity (Wildman–Crippen MR) is 116 cm³/mol. The molecule has 5 aliphatic rings. The van der Waals surface area contributed by atoms with E-state index in [-0.39, 0.29) is 17.2 Å². The van der Waals surface area contributed by atoms with Gasteiger partial charge in [-0.05, 0) is 68.4 Å². The lowest BCUT2D eigenvalue weighted by Gasteiger charge is -2.55. The summed E-state index contributed by atoms with van der Waals surface area (Å²) in [7, 11) is 0. The number of carbonyl (C=O) groups is 2. The van der Waals surface area contributed by atoms with Crippen LogP contribution >= 0.6 is 11.6 Å². The number of nitrogens with one attached hydrogen (secondary N) is 1. The first kappa shape index (κ1) is 20.1. The van der Waals surface area contributed by atoms with Crippen LogP contribution in [0.25, 0.3) is 0 Å². The van der Waals surface area contributed by atoms with Gasteiger partial charge in [0.1, 0.15) is 5.82 Å². The molecule has 162 valence electrons. The van der Waals surface area contributed by atoms with Crippen molar-refractivity contribution in [3.63, 3.8) is 0 Å². The maximum atomic E-state index is 13.0. The van der Waals surface area contributed by atoms with Gasteiger partial charge in [0, 0.05) is 50.8 Å². The van der Waals surface area contributed by atoms with Crippen LogP contribution < -0.4 is 10.2 Å². The summed E-state index contributed by atoms with van der Waals surface area (Å²) in [6, 6.07) is 3.76. The Hall–Kier alpha value is -1.82. The number of hydrogen-bond donors (Lipinski definition) is 1. The smallest absolute Gasteiger partial charge is 0.226 e. The zero-order valence-corrected chi connectivity index (χ0v) is 18.2. The number of rotatable bonds is 5. The standard InChI is InChI=1S/C23H31ClN4O2/c24-19-1-2-20(26-15-19)27-5-7-28(8-6-27)21(29)3-4-25-22(30)23-12-16-9-17(13-23)11-18(10-16)14-23/h1-2,15-18H,3-14H2,(H,25,30). The van der Waals surface area contributed by atoms with Gasteiger partial charge in [-0.25, -0.2) is 4.98 Å². The molecule has 1 N–H and O–H groups in total. The molecule has 4 aliphatic carbocycles. The average Bonchev–Trinajstić information content (AvgIpc) is 2.73. The summed E-state index contributed by atoms with van der Waals surface area (Å²) in [4.78, 5) is 34.1. The molecule has 2 heterocycles. The molecule has 1 aromatic rings. The molecular weight excluding hydrogens is 400 g/mol. The van der Waals surface area contributed by atoms with E-state index in [0.717, 1.165) is 55.9 Å². The Kier molecular flexibility index (Phi) is 5.38. The molecule has 4 saturated carbocycles. The van der Waals surface area contributed by atoms with Crippen LogP contribution in [0.5, 0.6) is 0 Å². The summed E-state index contributed by atoms with van der Waals surface area (Å²) < 4.78 is 0. The largest absolute Gasteiger partial charge is 0.355 e. The molecule has 0 radical (unpaired) electrons. The maximum absolute atomic E-state index is 13.0. The van der Waals surface area contributed by atoms with E-state index in [0.29, 0.717) is 31.1 Å². The van der Waals surface area contributed by atoms with E-state index in [1.807, 2.05) is 17.0 Å². The second-order valence-electron chi connectivity index (χ2n) is 9.91. The van der Waals surface area contributed by atoms with Gasteiger partial charge in [0.2, 0.25) is 11.8 Å². The number of anilines is 1. The van der Waals surface area contributed by atoms with Crippen molar-refractivity contribution >= 4 is 29.2 Å². The minimum absolute atomic E-state index is 0.129. The third-order valence-corrected chi connectivity index (χ3v) is 8.04. The van der Waals surface area contributed by atoms with E-state index in [2.05, 4.69) is 15.2 Å². The van der Waals surface area contributed by atoms with Crippen LogP contribution in [0.2, 0.25) is 5.02 Å². The van der Waals surface area contributed by atoms with E-state index < -0.39 is 0 Å². The Morgan fingerprint density at radius 3 is 2.23 bits per heavy atom. The molecule has 30 heavy (non-hydrogen) atoms. The SMILES string of the molecule is O=C(CCNC(=O)C12CC3CC(CC(C3)C1)C2)N1CCN(c2ccc(Cl)cn2)CC1. The fraction of sp³-hybridized carbons (Fsp3) is 0.696. The molecular formula is C23H31ClN4O2. The molecule has 1 aromatic heterocycles. The first-order chi connectivity index (χ1) is 14.5. The van der Waals surface area contributed by atoms with Gasteiger partial charge in [0.15, 0.2) is 0 Å². The van der Waals surface area contributed by atoms with E-state index in [4.69, 9.17) is 11.6 Å². The maximum Gasteiger partial charge on any atom is 0.226 e. The lowest BCUT2D eigenvalue weighted by atomic mass is 9.49. The number of nitrogens with zero attached hydrogens (tertiary/aromatic N) is 3. The van der Waals surface area contributed by atoms with Crippen molar-refractivity contribution < 1.29 is 9.59 Å². The Morgan fingerprint density at radius 1 is 1.03 bits per heavy atom. The predicted octanol–water partition coefficient (Wildman–Crippen LogP) is 3.11. The number of amides is 2. The fourth-order valence-electron chi connectivity index (χ4n) is 6.76. The van der Waals surface area contributed by atoms with E-state index in [9.17, 15) is 9.59 Å². The highest BCUT2D eigenvalue weighted by atomic mass is 35.5. The first-order valence-electron chi connectivity index (χ1n) is 11.4. The molecule has 0 spiro atoms. The van der Waals surface area contributed by atoms with Crippen molar-refractivity contribution in [2.24, 2.45) is 23.2 Å². The zero-order valence-electron chi connectivity index (χ0n) is 17.5. The van der Waals surface area contributed by atoms with Crippen LogP contribution in [0.1, 0.15) is 44.9 Å².